The maximum atomic E-state index is 5.41. The van der Waals surface area contributed by atoms with E-state index in [1.165, 1.54) is 10.4 Å². The van der Waals surface area contributed by atoms with Crippen molar-refractivity contribution in [2.24, 2.45) is 4.99 Å². The molecule has 1 aliphatic rings. The van der Waals surface area contributed by atoms with Gasteiger partial charge in [-0.25, -0.2) is 4.98 Å². The first-order valence-corrected chi connectivity index (χ1v) is 9.54. The van der Waals surface area contributed by atoms with Crippen molar-refractivity contribution in [2.45, 2.75) is 25.8 Å². The molecule has 1 unspecified atom stereocenters. The van der Waals surface area contributed by atoms with Crippen LogP contribution in [0.5, 0.6) is 11.5 Å². The highest BCUT2D eigenvalue weighted by Gasteiger charge is 2.27. The number of likely N-dealkylation sites (tertiary alicyclic amines) is 1. The molecule has 148 valence electrons. The maximum Gasteiger partial charge on any atom is 0.194 e. The standard InChI is InChI=1S/C19H26N4O2S.HI/c1-13-10-21-18(26-13)11-22-19(20-2)23-6-5-14(12-23)15-7-16(24-3)9-17(8-15)25-4;/h7-10,14H,5-6,11-12H2,1-4H3,(H,20,22);1H. The van der Waals surface area contributed by atoms with Crippen LogP contribution < -0.4 is 14.8 Å². The van der Waals surface area contributed by atoms with E-state index in [1.54, 1.807) is 25.6 Å². The van der Waals surface area contributed by atoms with Crippen LogP contribution in [0.25, 0.3) is 0 Å². The predicted octanol–water partition coefficient (Wildman–Crippen LogP) is 3.65. The van der Waals surface area contributed by atoms with E-state index in [2.05, 4.69) is 39.2 Å². The zero-order chi connectivity index (χ0) is 18.5. The minimum Gasteiger partial charge on any atom is -0.497 e. The Kier molecular flexibility index (Phi) is 8.15. The lowest BCUT2D eigenvalue weighted by Gasteiger charge is -2.21. The molecule has 0 spiro atoms. The number of benzene rings is 1. The van der Waals surface area contributed by atoms with Gasteiger partial charge in [-0.3, -0.25) is 4.99 Å². The molecule has 1 aromatic carbocycles. The number of aromatic nitrogens is 1. The molecule has 1 aromatic heterocycles. The van der Waals surface area contributed by atoms with E-state index in [-0.39, 0.29) is 24.0 Å². The Morgan fingerprint density at radius 2 is 2.00 bits per heavy atom. The van der Waals surface area contributed by atoms with Crippen molar-refractivity contribution in [2.75, 3.05) is 34.4 Å². The van der Waals surface area contributed by atoms with Gasteiger partial charge in [-0.05, 0) is 31.0 Å². The van der Waals surface area contributed by atoms with Crippen LogP contribution in [-0.2, 0) is 6.54 Å². The van der Waals surface area contributed by atoms with E-state index in [9.17, 15) is 0 Å². The first-order valence-electron chi connectivity index (χ1n) is 8.72. The summed E-state index contributed by atoms with van der Waals surface area (Å²) in [5.74, 6) is 3.02. The number of aliphatic imine (C=N–C) groups is 1. The molecule has 6 nitrogen and oxygen atoms in total. The molecule has 1 saturated heterocycles. The average Bonchev–Trinajstić information content (AvgIpc) is 3.31. The molecule has 27 heavy (non-hydrogen) atoms. The van der Waals surface area contributed by atoms with E-state index in [1.807, 2.05) is 19.3 Å². The molecule has 0 saturated carbocycles. The van der Waals surface area contributed by atoms with Gasteiger partial charge in [0.15, 0.2) is 5.96 Å². The molecule has 1 N–H and O–H groups in total. The first-order chi connectivity index (χ1) is 12.6. The second-order valence-corrected chi connectivity index (χ2v) is 7.66. The van der Waals surface area contributed by atoms with Gasteiger partial charge in [0.2, 0.25) is 0 Å². The van der Waals surface area contributed by atoms with Gasteiger partial charge in [-0.15, -0.1) is 35.3 Å². The molecule has 2 aromatic rings. The highest BCUT2D eigenvalue weighted by Crippen LogP contribution is 2.32. The van der Waals surface area contributed by atoms with Crippen LogP contribution in [0.2, 0.25) is 0 Å². The zero-order valence-electron chi connectivity index (χ0n) is 16.2. The fraction of sp³-hybridized carbons (Fsp3) is 0.474. The van der Waals surface area contributed by atoms with Gasteiger partial charge in [-0.2, -0.15) is 0 Å². The number of methoxy groups -OCH3 is 2. The summed E-state index contributed by atoms with van der Waals surface area (Å²) in [5.41, 5.74) is 1.25. The van der Waals surface area contributed by atoms with Crippen LogP contribution in [0, 0.1) is 6.92 Å². The second kappa shape index (κ2) is 10.1. The lowest BCUT2D eigenvalue weighted by molar-refractivity contribution is 0.392. The third-order valence-corrected chi connectivity index (χ3v) is 5.52. The third kappa shape index (κ3) is 5.47. The van der Waals surface area contributed by atoms with Gasteiger partial charge in [-0.1, -0.05) is 0 Å². The van der Waals surface area contributed by atoms with Gasteiger partial charge < -0.3 is 19.7 Å². The molecule has 1 fully saturated rings. The normalized spacial score (nSPS) is 16.8. The van der Waals surface area contributed by atoms with Gasteiger partial charge >= 0.3 is 0 Å². The Labute approximate surface area is 182 Å². The fourth-order valence-electron chi connectivity index (χ4n) is 3.26. The van der Waals surface area contributed by atoms with Crippen LogP contribution in [0.3, 0.4) is 0 Å². The number of nitrogens with zero attached hydrogens (tertiary/aromatic N) is 3. The SMILES string of the molecule is CN=C(NCc1ncc(C)s1)N1CCC(c2cc(OC)cc(OC)c2)C1.I. The summed E-state index contributed by atoms with van der Waals surface area (Å²) >= 11 is 1.71. The second-order valence-electron chi connectivity index (χ2n) is 6.34. The van der Waals surface area contributed by atoms with Crippen molar-refractivity contribution >= 4 is 41.3 Å². The number of rotatable bonds is 5. The van der Waals surface area contributed by atoms with Gasteiger partial charge in [0.05, 0.1) is 20.8 Å². The Balaban J connectivity index is 0.00000261. The molecular weight excluding hydrogens is 475 g/mol. The van der Waals surface area contributed by atoms with E-state index in [0.29, 0.717) is 12.5 Å². The summed E-state index contributed by atoms with van der Waals surface area (Å²) in [6.45, 7) is 4.68. The van der Waals surface area contributed by atoms with Crippen molar-refractivity contribution < 1.29 is 9.47 Å². The number of hydrogen-bond acceptors (Lipinski definition) is 5. The quantitative estimate of drug-likeness (QED) is 0.385. The summed E-state index contributed by atoms with van der Waals surface area (Å²) in [4.78, 5) is 12.4. The van der Waals surface area contributed by atoms with E-state index >= 15 is 0 Å². The number of thiazole rings is 1. The Morgan fingerprint density at radius 3 is 2.56 bits per heavy atom. The highest BCUT2D eigenvalue weighted by molar-refractivity contribution is 14.0. The van der Waals surface area contributed by atoms with Crippen molar-refractivity contribution in [1.82, 2.24) is 15.2 Å². The topological polar surface area (TPSA) is 59.0 Å². The number of aryl methyl sites for hydroxylation is 1. The summed E-state index contributed by atoms with van der Waals surface area (Å²) in [6.07, 6.45) is 2.99. The predicted molar refractivity (Wildman–Crippen MR) is 121 cm³/mol. The van der Waals surface area contributed by atoms with Gasteiger partial charge in [0.1, 0.15) is 16.5 Å². The Hall–Kier alpha value is -1.55. The molecule has 1 atom stereocenters. The van der Waals surface area contributed by atoms with Crippen molar-refractivity contribution in [1.29, 1.82) is 0 Å². The molecule has 0 aliphatic carbocycles. The van der Waals surface area contributed by atoms with Crippen LogP contribution in [0.15, 0.2) is 29.4 Å². The summed E-state index contributed by atoms with van der Waals surface area (Å²) < 4.78 is 10.8. The van der Waals surface area contributed by atoms with E-state index in [0.717, 1.165) is 42.0 Å². The Bertz CT molecular complexity index is 759. The number of ether oxygens (including phenoxy) is 2. The summed E-state index contributed by atoms with van der Waals surface area (Å²) in [7, 11) is 5.20. The first kappa shape index (κ1) is 21.7. The molecular formula is C19H27IN4O2S. The molecule has 8 heteroatoms. The van der Waals surface area contributed by atoms with Gasteiger partial charge in [0.25, 0.3) is 0 Å². The number of halogens is 1. The monoisotopic (exact) mass is 502 g/mol. The van der Waals surface area contributed by atoms with Gasteiger partial charge in [0, 0.05) is 43.2 Å². The number of nitrogens with one attached hydrogen (secondary N) is 1. The fourth-order valence-corrected chi connectivity index (χ4v) is 3.99. The minimum absolute atomic E-state index is 0. The number of guanidine groups is 1. The van der Waals surface area contributed by atoms with E-state index in [4.69, 9.17) is 9.47 Å². The lowest BCUT2D eigenvalue weighted by atomic mass is 9.98. The maximum absolute atomic E-state index is 5.41. The molecule has 3 rings (SSSR count). The molecule has 0 radical (unpaired) electrons. The van der Waals surface area contributed by atoms with Crippen molar-refractivity contribution in [3.63, 3.8) is 0 Å². The summed E-state index contributed by atoms with van der Waals surface area (Å²) in [5, 5.41) is 4.51. The van der Waals surface area contributed by atoms with Crippen LogP contribution in [0.4, 0.5) is 0 Å². The third-order valence-electron chi connectivity index (χ3n) is 4.61. The van der Waals surface area contributed by atoms with Crippen LogP contribution >= 0.6 is 35.3 Å². The van der Waals surface area contributed by atoms with Crippen molar-refractivity contribution in [3.8, 4) is 11.5 Å². The smallest absolute Gasteiger partial charge is 0.194 e. The lowest BCUT2D eigenvalue weighted by Crippen LogP contribution is -2.39. The molecule has 1 aliphatic heterocycles. The van der Waals surface area contributed by atoms with Crippen LogP contribution in [-0.4, -0.2) is 50.2 Å². The molecule has 0 bridgehead atoms. The molecule has 2 heterocycles. The minimum atomic E-state index is 0. The van der Waals surface area contributed by atoms with E-state index < -0.39 is 0 Å². The Morgan fingerprint density at radius 1 is 1.30 bits per heavy atom. The average molecular weight is 502 g/mol. The molecule has 0 amide bonds. The summed E-state index contributed by atoms with van der Waals surface area (Å²) in [6, 6.07) is 6.11. The highest BCUT2D eigenvalue weighted by atomic mass is 127. The van der Waals surface area contributed by atoms with Crippen LogP contribution in [0.1, 0.15) is 27.8 Å². The van der Waals surface area contributed by atoms with Crippen molar-refractivity contribution in [3.05, 3.63) is 39.8 Å². The zero-order valence-corrected chi connectivity index (χ0v) is 19.3. The number of hydrogen-bond donors (Lipinski definition) is 1. The largest absolute Gasteiger partial charge is 0.497 e.